The highest BCUT2D eigenvalue weighted by Gasteiger charge is 2.42. The summed E-state index contributed by atoms with van der Waals surface area (Å²) in [5, 5.41) is 3.31. The molecule has 2 amide bonds. The van der Waals surface area contributed by atoms with Crippen molar-refractivity contribution in [2.45, 2.75) is 50.6 Å². The molecule has 3 fully saturated rings. The van der Waals surface area contributed by atoms with Gasteiger partial charge in [0.2, 0.25) is 11.8 Å². The fourth-order valence-electron chi connectivity index (χ4n) is 4.79. The maximum absolute atomic E-state index is 12.7. The highest BCUT2D eigenvalue weighted by molar-refractivity contribution is 5.89. The third kappa shape index (κ3) is 5.47. The van der Waals surface area contributed by atoms with Crippen molar-refractivity contribution in [1.29, 1.82) is 0 Å². The molecule has 3 N–H and O–H groups in total. The number of hydrogen-bond acceptors (Lipinski definition) is 4. The number of likely N-dealkylation sites (N-methyl/N-ethyl adjacent to an activating group) is 1. The largest absolute Gasteiger partial charge is 0.353 e. The molecule has 0 radical (unpaired) electrons. The Bertz CT molecular complexity index is 478. The van der Waals surface area contributed by atoms with Crippen LogP contribution in [0.1, 0.15) is 38.5 Å². The van der Waals surface area contributed by atoms with E-state index in [1.165, 1.54) is 19.3 Å². The standard InChI is InChI=1S/C18H32N4O2.2ClH/c1-21(2)6-7-22-11-14(10-16(22)23)18(24)20-17-12-4-3-5-13(17)9-15(19)8-12;;/h12-15,17H,3-11,19H2,1-2H3,(H,20,24);2*1H. The Morgan fingerprint density at radius 2 is 1.85 bits per heavy atom. The molecule has 1 heterocycles. The van der Waals surface area contributed by atoms with Crippen molar-refractivity contribution in [3.8, 4) is 0 Å². The Balaban J connectivity index is 0.00000169. The van der Waals surface area contributed by atoms with Crippen molar-refractivity contribution < 1.29 is 9.59 Å². The third-order valence-electron chi connectivity index (χ3n) is 6.09. The van der Waals surface area contributed by atoms with Crippen molar-refractivity contribution in [3.05, 3.63) is 0 Å². The van der Waals surface area contributed by atoms with Gasteiger partial charge in [0.15, 0.2) is 0 Å². The highest BCUT2D eigenvalue weighted by Crippen LogP contribution is 2.39. The van der Waals surface area contributed by atoms with Crippen LogP contribution in [0.25, 0.3) is 0 Å². The first-order valence-corrected chi connectivity index (χ1v) is 9.42. The van der Waals surface area contributed by atoms with Crippen molar-refractivity contribution in [2.24, 2.45) is 23.5 Å². The number of rotatable bonds is 5. The second-order valence-electron chi connectivity index (χ2n) is 8.26. The maximum Gasteiger partial charge on any atom is 0.225 e. The number of fused-ring (bicyclic) bond motifs is 2. The van der Waals surface area contributed by atoms with Gasteiger partial charge in [0, 0.05) is 38.1 Å². The number of nitrogens with one attached hydrogen (secondary N) is 1. The molecule has 3 unspecified atom stereocenters. The zero-order valence-corrected chi connectivity index (χ0v) is 17.5. The first kappa shape index (κ1) is 23.5. The summed E-state index contributed by atoms with van der Waals surface area (Å²) < 4.78 is 0. The summed E-state index contributed by atoms with van der Waals surface area (Å²) in [7, 11) is 3.99. The molecule has 6 nitrogen and oxygen atoms in total. The molecule has 8 heteroatoms. The molecule has 0 aromatic carbocycles. The molecule has 26 heavy (non-hydrogen) atoms. The predicted molar refractivity (Wildman–Crippen MR) is 108 cm³/mol. The van der Waals surface area contributed by atoms with Gasteiger partial charge in [-0.15, -0.1) is 24.8 Å². The number of nitrogens with zero attached hydrogens (tertiary/aromatic N) is 2. The fourth-order valence-corrected chi connectivity index (χ4v) is 4.79. The van der Waals surface area contributed by atoms with Gasteiger partial charge < -0.3 is 20.9 Å². The lowest BCUT2D eigenvalue weighted by atomic mass is 9.67. The van der Waals surface area contributed by atoms with Crippen LogP contribution in [0.3, 0.4) is 0 Å². The average Bonchev–Trinajstić information content (AvgIpc) is 2.87. The molecule has 2 saturated carbocycles. The SMILES string of the molecule is CN(C)CCN1CC(C(=O)NC2C3CCCC2CC(N)C3)CC1=O.Cl.Cl. The molecular weight excluding hydrogens is 375 g/mol. The summed E-state index contributed by atoms with van der Waals surface area (Å²) in [6.07, 6.45) is 6.02. The van der Waals surface area contributed by atoms with E-state index in [-0.39, 0.29) is 48.6 Å². The number of likely N-dealkylation sites (tertiary alicyclic amines) is 1. The van der Waals surface area contributed by atoms with E-state index in [4.69, 9.17) is 5.73 Å². The second-order valence-corrected chi connectivity index (χ2v) is 8.26. The lowest BCUT2D eigenvalue weighted by Crippen LogP contribution is -2.54. The Labute approximate surface area is 169 Å². The van der Waals surface area contributed by atoms with Crippen molar-refractivity contribution in [1.82, 2.24) is 15.1 Å². The van der Waals surface area contributed by atoms with E-state index in [1.54, 1.807) is 0 Å². The van der Waals surface area contributed by atoms with E-state index in [9.17, 15) is 9.59 Å². The van der Waals surface area contributed by atoms with Crippen LogP contribution < -0.4 is 11.1 Å². The first-order valence-electron chi connectivity index (χ1n) is 9.42. The van der Waals surface area contributed by atoms with Gasteiger partial charge in [-0.1, -0.05) is 6.42 Å². The molecule has 3 atom stereocenters. The van der Waals surface area contributed by atoms with Gasteiger partial charge in [-0.05, 0) is 51.6 Å². The number of halogens is 2. The molecule has 152 valence electrons. The van der Waals surface area contributed by atoms with Crippen LogP contribution in [0.15, 0.2) is 0 Å². The summed E-state index contributed by atoms with van der Waals surface area (Å²) in [5.74, 6) is 1.06. The van der Waals surface area contributed by atoms with Crippen LogP contribution in [0.2, 0.25) is 0 Å². The Hall–Kier alpha value is -0.560. The predicted octanol–water partition coefficient (Wildman–Crippen LogP) is 1.26. The molecule has 3 rings (SSSR count). The lowest BCUT2D eigenvalue weighted by molar-refractivity contribution is -0.129. The zero-order valence-electron chi connectivity index (χ0n) is 15.9. The van der Waals surface area contributed by atoms with Gasteiger partial charge in [0.05, 0.1) is 5.92 Å². The molecule has 1 aliphatic heterocycles. The molecule has 0 spiro atoms. The van der Waals surface area contributed by atoms with Crippen LogP contribution in [0.5, 0.6) is 0 Å². The van der Waals surface area contributed by atoms with Gasteiger partial charge in [0.25, 0.3) is 0 Å². The lowest BCUT2D eigenvalue weighted by Gasteiger charge is -2.45. The van der Waals surface area contributed by atoms with Gasteiger partial charge in [0.1, 0.15) is 0 Å². The molecular formula is C18H34Cl2N4O2. The minimum Gasteiger partial charge on any atom is -0.353 e. The molecule has 2 bridgehead atoms. The Morgan fingerprint density at radius 1 is 1.23 bits per heavy atom. The number of amides is 2. The number of nitrogens with two attached hydrogens (primary N) is 1. The average molecular weight is 409 g/mol. The third-order valence-corrected chi connectivity index (χ3v) is 6.09. The Morgan fingerprint density at radius 3 is 2.42 bits per heavy atom. The smallest absolute Gasteiger partial charge is 0.225 e. The van der Waals surface area contributed by atoms with Crippen LogP contribution in [-0.4, -0.2) is 67.4 Å². The zero-order chi connectivity index (χ0) is 17.3. The molecule has 0 aromatic heterocycles. The van der Waals surface area contributed by atoms with Crippen LogP contribution in [-0.2, 0) is 9.59 Å². The van der Waals surface area contributed by atoms with E-state index in [2.05, 4.69) is 10.2 Å². The normalized spacial score (nSPS) is 33.5. The van der Waals surface area contributed by atoms with Crippen molar-refractivity contribution in [3.63, 3.8) is 0 Å². The quantitative estimate of drug-likeness (QED) is 0.717. The maximum atomic E-state index is 12.7. The number of carbonyl (C=O) groups excluding carboxylic acids is 2. The van der Waals surface area contributed by atoms with E-state index >= 15 is 0 Å². The second kappa shape index (κ2) is 10.1. The summed E-state index contributed by atoms with van der Waals surface area (Å²) in [6, 6.07) is 0.569. The summed E-state index contributed by atoms with van der Waals surface area (Å²) >= 11 is 0. The summed E-state index contributed by atoms with van der Waals surface area (Å²) in [5.41, 5.74) is 6.17. The minimum absolute atomic E-state index is 0. The van der Waals surface area contributed by atoms with Crippen LogP contribution in [0, 0.1) is 17.8 Å². The van der Waals surface area contributed by atoms with E-state index in [0.29, 0.717) is 37.4 Å². The Kier molecular flexibility index (Phi) is 9.13. The van der Waals surface area contributed by atoms with Gasteiger partial charge in [-0.25, -0.2) is 0 Å². The van der Waals surface area contributed by atoms with E-state index in [1.807, 2.05) is 19.0 Å². The van der Waals surface area contributed by atoms with Crippen molar-refractivity contribution >= 4 is 36.6 Å². The molecule has 2 aliphatic carbocycles. The van der Waals surface area contributed by atoms with Gasteiger partial charge >= 0.3 is 0 Å². The van der Waals surface area contributed by atoms with Crippen LogP contribution in [0.4, 0.5) is 0 Å². The number of carbonyl (C=O) groups is 2. The summed E-state index contributed by atoms with van der Waals surface area (Å²) in [4.78, 5) is 28.8. The van der Waals surface area contributed by atoms with Crippen LogP contribution >= 0.6 is 24.8 Å². The molecule has 3 aliphatic rings. The van der Waals surface area contributed by atoms with Gasteiger partial charge in [-0.2, -0.15) is 0 Å². The first-order chi connectivity index (χ1) is 11.4. The van der Waals surface area contributed by atoms with E-state index in [0.717, 1.165) is 19.4 Å². The molecule has 1 saturated heterocycles. The van der Waals surface area contributed by atoms with Gasteiger partial charge in [-0.3, -0.25) is 9.59 Å². The molecule has 0 aromatic rings. The highest BCUT2D eigenvalue weighted by atomic mass is 35.5. The van der Waals surface area contributed by atoms with Crippen molar-refractivity contribution in [2.75, 3.05) is 33.7 Å². The topological polar surface area (TPSA) is 78.7 Å². The fraction of sp³-hybridized carbons (Fsp3) is 0.889. The minimum atomic E-state index is -0.184. The number of hydrogen-bond donors (Lipinski definition) is 2. The summed E-state index contributed by atoms with van der Waals surface area (Å²) in [6.45, 7) is 2.12. The monoisotopic (exact) mass is 408 g/mol. The van der Waals surface area contributed by atoms with E-state index < -0.39 is 0 Å².